The van der Waals surface area contributed by atoms with Crippen molar-refractivity contribution in [3.8, 4) is 6.07 Å². The summed E-state index contributed by atoms with van der Waals surface area (Å²) in [6, 6.07) is 5.91. The van der Waals surface area contributed by atoms with Crippen LogP contribution in [0.5, 0.6) is 0 Å². The van der Waals surface area contributed by atoms with Gasteiger partial charge in [-0.1, -0.05) is 33.3 Å². The zero-order chi connectivity index (χ0) is 19.6. The lowest BCUT2D eigenvalue weighted by Crippen LogP contribution is -2.33. The third-order valence-electron chi connectivity index (χ3n) is 5.59. The normalized spacial score (nSPS) is 16.3. The summed E-state index contributed by atoms with van der Waals surface area (Å²) >= 11 is 8.26. The van der Waals surface area contributed by atoms with Gasteiger partial charge in [-0.15, -0.1) is 22.7 Å². The molecule has 27 heavy (non-hydrogen) atoms. The Labute approximate surface area is 173 Å². The van der Waals surface area contributed by atoms with Crippen LogP contribution in [0.2, 0.25) is 0 Å². The quantitative estimate of drug-likeness (QED) is 0.658. The molecule has 0 fully saturated rings. The number of amides is 1. The van der Waals surface area contributed by atoms with Gasteiger partial charge < -0.3 is 5.32 Å². The Morgan fingerprint density at radius 2 is 2.26 bits per heavy atom. The van der Waals surface area contributed by atoms with Crippen molar-refractivity contribution in [2.75, 3.05) is 5.32 Å². The highest BCUT2D eigenvalue weighted by atomic mass is 32.1. The predicted molar refractivity (Wildman–Crippen MR) is 117 cm³/mol. The molecule has 0 spiro atoms. The summed E-state index contributed by atoms with van der Waals surface area (Å²) in [5.41, 5.74) is 2.13. The summed E-state index contributed by atoms with van der Waals surface area (Å²) in [6.07, 6.45) is 4.19. The molecular weight excluding hydrogens is 394 g/mol. The van der Waals surface area contributed by atoms with E-state index < -0.39 is 0 Å². The van der Waals surface area contributed by atoms with Crippen LogP contribution in [0.15, 0.2) is 17.5 Å². The molecule has 0 saturated carbocycles. The van der Waals surface area contributed by atoms with E-state index in [0.717, 1.165) is 36.2 Å². The SMILES string of the molecule is CCC(C)(C)C1CCc2c(sc(NC(=S)NC(=O)c3cccs3)c2C#N)C1. The van der Waals surface area contributed by atoms with Crippen LogP contribution in [0.1, 0.15) is 59.3 Å². The molecular formula is C20H23N3OS3. The molecule has 1 amide bonds. The summed E-state index contributed by atoms with van der Waals surface area (Å²) < 4.78 is 0. The number of thiocarbonyl (C=S) groups is 1. The summed E-state index contributed by atoms with van der Waals surface area (Å²) in [6.45, 7) is 6.90. The van der Waals surface area contributed by atoms with Crippen LogP contribution in [0.25, 0.3) is 0 Å². The zero-order valence-electron chi connectivity index (χ0n) is 15.7. The standard InChI is InChI=1S/C20H23N3OS3/c1-4-20(2,3)12-7-8-13-14(11-21)18(27-16(13)10-12)23-19(25)22-17(24)15-6-5-9-26-15/h5-6,9,12H,4,7-8,10H2,1-3H3,(H2,22,23,24,25). The molecule has 0 aliphatic heterocycles. The summed E-state index contributed by atoms with van der Waals surface area (Å²) in [5, 5.41) is 18.3. The van der Waals surface area contributed by atoms with Crippen molar-refractivity contribution in [2.45, 2.75) is 46.5 Å². The minimum absolute atomic E-state index is 0.230. The number of hydrogen-bond donors (Lipinski definition) is 2. The number of nitrogens with zero attached hydrogens (tertiary/aromatic N) is 1. The van der Waals surface area contributed by atoms with Crippen LogP contribution in [0.3, 0.4) is 0 Å². The first-order chi connectivity index (χ1) is 12.9. The molecule has 0 bridgehead atoms. The van der Waals surface area contributed by atoms with E-state index in [0.29, 0.717) is 21.8 Å². The Kier molecular flexibility index (Phi) is 5.99. The van der Waals surface area contributed by atoms with E-state index in [1.165, 1.54) is 16.2 Å². The molecule has 2 N–H and O–H groups in total. The van der Waals surface area contributed by atoms with Gasteiger partial charge in [-0.2, -0.15) is 5.26 Å². The van der Waals surface area contributed by atoms with Crippen molar-refractivity contribution in [2.24, 2.45) is 11.3 Å². The predicted octanol–water partition coefficient (Wildman–Crippen LogP) is 5.35. The Balaban J connectivity index is 1.75. The van der Waals surface area contributed by atoms with Gasteiger partial charge in [0.15, 0.2) is 5.11 Å². The average molecular weight is 418 g/mol. The van der Waals surface area contributed by atoms with Crippen LogP contribution in [0.4, 0.5) is 5.00 Å². The van der Waals surface area contributed by atoms with E-state index >= 15 is 0 Å². The molecule has 4 nitrogen and oxygen atoms in total. The van der Waals surface area contributed by atoms with E-state index in [4.69, 9.17) is 12.2 Å². The first-order valence-electron chi connectivity index (χ1n) is 9.06. The fraction of sp³-hybridized carbons (Fsp3) is 0.450. The van der Waals surface area contributed by atoms with Crippen molar-refractivity contribution in [1.29, 1.82) is 5.26 Å². The minimum atomic E-state index is -0.230. The Morgan fingerprint density at radius 3 is 2.89 bits per heavy atom. The van der Waals surface area contributed by atoms with Crippen molar-refractivity contribution in [3.63, 3.8) is 0 Å². The van der Waals surface area contributed by atoms with Gasteiger partial charge >= 0.3 is 0 Å². The molecule has 1 aliphatic rings. The zero-order valence-corrected chi connectivity index (χ0v) is 18.2. The summed E-state index contributed by atoms with van der Waals surface area (Å²) in [5.74, 6) is 0.394. The van der Waals surface area contributed by atoms with Crippen molar-refractivity contribution in [1.82, 2.24) is 5.32 Å². The van der Waals surface area contributed by atoms with Gasteiger partial charge in [0.05, 0.1) is 10.4 Å². The largest absolute Gasteiger partial charge is 0.323 e. The number of hydrogen-bond acceptors (Lipinski definition) is 5. The molecule has 1 aliphatic carbocycles. The van der Waals surface area contributed by atoms with Crippen molar-refractivity contribution < 1.29 is 4.79 Å². The fourth-order valence-corrected chi connectivity index (χ4v) is 5.62. The molecule has 142 valence electrons. The maximum absolute atomic E-state index is 12.2. The molecule has 7 heteroatoms. The van der Waals surface area contributed by atoms with Crippen LogP contribution in [0, 0.1) is 22.7 Å². The van der Waals surface area contributed by atoms with Crippen LogP contribution >= 0.6 is 34.9 Å². The van der Waals surface area contributed by atoms with E-state index in [1.54, 1.807) is 17.4 Å². The number of carbonyl (C=O) groups is 1. The highest BCUT2D eigenvalue weighted by Crippen LogP contribution is 2.45. The van der Waals surface area contributed by atoms with Gasteiger partial charge in [-0.3, -0.25) is 10.1 Å². The molecule has 1 unspecified atom stereocenters. The second kappa shape index (κ2) is 8.09. The first kappa shape index (κ1) is 20.0. The van der Waals surface area contributed by atoms with Gasteiger partial charge in [-0.25, -0.2) is 0 Å². The molecule has 0 saturated heterocycles. The Bertz CT molecular complexity index is 890. The van der Waals surface area contributed by atoms with E-state index in [-0.39, 0.29) is 11.0 Å². The monoisotopic (exact) mass is 417 g/mol. The number of nitriles is 1. The van der Waals surface area contributed by atoms with Gasteiger partial charge in [0.2, 0.25) is 0 Å². The molecule has 0 aromatic carbocycles. The molecule has 3 rings (SSSR count). The number of rotatable bonds is 4. The summed E-state index contributed by atoms with van der Waals surface area (Å²) in [7, 11) is 0. The van der Waals surface area contributed by atoms with E-state index in [9.17, 15) is 10.1 Å². The van der Waals surface area contributed by atoms with Crippen LogP contribution in [-0.4, -0.2) is 11.0 Å². The number of fused-ring (bicyclic) bond motifs is 1. The molecule has 2 aromatic heterocycles. The second-order valence-corrected chi connectivity index (χ2v) is 9.95. The van der Waals surface area contributed by atoms with Crippen LogP contribution < -0.4 is 10.6 Å². The molecule has 2 aromatic rings. The number of nitrogens with one attached hydrogen (secondary N) is 2. The maximum atomic E-state index is 12.2. The summed E-state index contributed by atoms with van der Waals surface area (Å²) in [4.78, 5) is 14.0. The topological polar surface area (TPSA) is 64.9 Å². The average Bonchev–Trinajstić information content (AvgIpc) is 3.28. The number of anilines is 1. The fourth-order valence-electron chi connectivity index (χ4n) is 3.45. The van der Waals surface area contributed by atoms with Crippen molar-refractivity contribution in [3.05, 3.63) is 38.4 Å². The van der Waals surface area contributed by atoms with Gasteiger partial charge in [0.1, 0.15) is 11.1 Å². The second-order valence-electron chi connectivity index (χ2n) is 7.49. The number of thiophene rings is 2. The van der Waals surface area contributed by atoms with E-state index in [1.807, 2.05) is 11.4 Å². The number of carbonyl (C=O) groups excluding carboxylic acids is 1. The molecule has 1 atom stereocenters. The van der Waals surface area contributed by atoms with E-state index in [2.05, 4.69) is 37.5 Å². The van der Waals surface area contributed by atoms with Gasteiger partial charge in [0.25, 0.3) is 5.91 Å². The lowest BCUT2D eigenvalue weighted by molar-refractivity contribution is 0.0981. The lowest BCUT2D eigenvalue weighted by Gasteiger charge is -2.36. The van der Waals surface area contributed by atoms with Gasteiger partial charge in [0, 0.05) is 4.88 Å². The Hall–Kier alpha value is -1.75. The van der Waals surface area contributed by atoms with Crippen molar-refractivity contribution >= 4 is 50.9 Å². The highest BCUT2D eigenvalue weighted by molar-refractivity contribution is 7.80. The third kappa shape index (κ3) is 4.23. The molecule has 0 radical (unpaired) electrons. The highest BCUT2D eigenvalue weighted by Gasteiger charge is 2.34. The minimum Gasteiger partial charge on any atom is -0.323 e. The maximum Gasteiger partial charge on any atom is 0.267 e. The first-order valence-corrected chi connectivity index (χ1v) is 11.2. The Morgan fingerprint density at radius 1 is 1.48 bits per heavy atom. The van der Waals surface area contributed by atoms with Crippen LogP contribution in [-0.2, 0) is 12.8 Å². The third-order valence-corrected chi connectivity index (χ3v) is 7.84. The van der Waals surface area contributed by atoms with Gasteiger partial charge in [-0.05, 0) is 59.8 Å². The lowest BCUT2D eigenvalue weighted by atomic mass is 9.69. The smallest absolute Gasteiger partial charge is 0.267 e. The molecule has 2 heterocycles.